The van der Waals surface area contributed by atoms with E-state index >= 15 is 0 Å². The van der Waals surface area contributed by atoms with Gasteiger partial charge >= 0.3 is 0 Å². The van der Waals surface area contributed by atoms with E-state index in [0.717, 1.165) is 15.9 Å². The molecular formula is C18H15BrN2O3S. The Kier molecular flexibility index (Phi) is 5.15. The van der Waals surface area contributed by atoms with Gasteiger partial charge in [-0.15, -0.1) is 0 Å². The van der Waals surface area contributed by atoms with Crippen LogP contribution in [-0.4, -0.2) is 35.2 Å². The first-order chi connectivity index (χ1) is 12.0. The zero-order chi connectivity index (χ0) is 18.0. The van der Waals surface area contributed by atoms with Crippen LogP contribution in [0.5, 0.6) is 11.5 Å². The summed E-state index contributed by atoms with van der Waals surface area (Å²) in [5.41, 5.74) is 1.30. The molecule has 1 aliphatic rings. The third-order valence-electron chi connectivity index (χ3n) is 3.58. The standard InChI is InChI=1S/C18H15BrN2O3S/c1-21-17(23)16(10-11-9-12(19)3-8-15(11)22)25-18(21)20-13-4-6-14(24-2)7-5-13/h3-10,22H,1-2H3/b16-10+,20-18?. The Balaban J connectivity index is 1.90. The predicted molar refractivity (Wildman–Crippen MR) is 104 cm³/mol. The molecule has 1 N–H and O–H groups in total. The van der Waals surface area contributed by atoms with E-state index in [4.69, 9.17) is 4.74 Å². The average Bonchev–Trinajstić information content (AvgIpc) is 2.87. The minimum absolute atomic E-state index is 0.118. The lowest BCUT2D eigenvalue weighted by molar-refractivity contribution is -0.121. The van der Waals surface area contributed by atoms with E-state index in [2.05, 4.69) is 20.9 Å². The van der Waals surface area contributed by atoms with Gasteiger partial charge in [0.15, 0.2) is 5.17 Å². The Labute approximate surface area is 158 Å². The van der Waals surface area contributed by atoms with E-state index in [0.29, 0.717) is 15.6 Å². The molecule has 1 aliphatic heterocycles. The predicted octanol–water partition coefficient (Wildman–Crippen LogP) is 4.40. The number of benzene rings is 2. The highest BCUT2D eigenvalue weighted by Gasteiger charge is 2.30. The van der Waals surface area contributed by atoms with Crippen LogP contribution >= 0.6 is 27.7 Å². The summed E-state index contributed by atoms with van der Waals surface area (Å²) in [6, 6.07) is 12.4. The molecule has 5 nitrogen and oxygen atoms in total. The molecule has 0 unspecified atom stereocenters. The molecule has 1 heterocycles. The second kappa shape index (κ2) is 7.33. The van der Waals surface area contributed by atoms with Gasteiger partial charge in [-0.1, -0.05) is 15.9 Å². The smallest absolute Gasteiger partial charge is 0.266 e. The van der Waals surface area contributed by atoms with Gasteiger partial charge in [-0.3, -0.25) is 9.69 Å². The number of aromatic hydroxyl groups is 1. The van der Waals surface area contributed by atoms with Crippen molar-refractivity contribution in [3.05, 3.63) is 57.4 Å². The van der Waals surface area contributed by atoms with E-state index in [1.54, 1.807) is 38.4 Å². The Morgan fingerprint density at radius 2 is 1.96 bits per heavy atom. The first-order valence-electron chi connectivity index (χ1n) is 7.37. The lowest BCUT2D eigenvalue weighted by atomic mass is 10.2. The summed E-state index contributed by atoms with van der Waals surface area (Å²) in [5.74, 6) is 0.710. The highest BCUT2D eigenvalue weighted by molar-refractivity contribution is 9.10. The number of hydrogen-bond donors (Lipinski definition) is 1. The summed E-state index contributed by atoms with van der Waals surface area (Å²) >= 11 is 4.63. The molecule has 1 amide bonds. The van der Waals surface area contributed by atoms with Crippen molar-refractivity contribution in [1.82, 2.24) is 4.90 Å². The fraction of sp³-hybridized carbons (Fsp3) is 0.111. The number of thioether (sulfide) groups is 1. The minimum Gasteiger partial charge on any atom is -0.507 e. The van der Waals surface area contributed by atoms with Gasteiger partial charge in [0.05, 0.1) is 17.7 Å². The van der Waals surface area contributed by atoms with Crippen molar-refractivity contribution < 1.29 is 14.6 Å². The number of amidine groups is 1. The van der Waals surface area contributed by atoms with E-state index in [9.17, 15) is 9.90 Å². The van der Waals surface area contributed by atoms with Gasteiger partial charge in [-0.05, 0) is 60.3 Å². The fourth-order valence-corrected chi connectivity index (χ4v) is 3.56. The van der Waals surface area contributed by atoms with Crippen LogP contribution in [0.25, 0.3) is 6.08 Å². The maximum absolute atomic E-state index is 12.4. The molecule has 0 bridgehead atoms. The maximum Gasteiger partial charge on any atom is 0.266 e. The maximum atomic E-state index is 12.4. The lowest BCUT2D eigenvalue weighted by Crippen LogP contribution is -2.23. The molecule has 25 heavy (non-hydrogen) atoms. The van der Waals surface area contributed by atoms with Crippen molar-refractivity contribution in [2.45, 2.75) is 0 Å². The van der Waals surface area contributed by atoms with Crippen LogP contribution in [0.1, 0.15) is 5.56 Å². The van der Waals surface area contributed by atoms with Gasteiger partial charge in [0.1, 0.15) is 11.5 Å². The summed E-state index contributed by atoms with van der Waals surface area (Å²) in [5, 5.41) is 10.5. The second-order valence-corrected chi connectivity index (χ2v) is 7.20. The van der Waals surface area contributed by atoms with Crippen molar-refractivity contribution >= 4 is 50.5 Å². The number of aliphatic imine (C=N–C) groups is 1. The van der Waals surface area contributed by atoms with Crippen molar-refractivity contribution in [3.8, 4) is 11.5 Å². The van der Waals surface area contributed by atoms with Gasteiger partial charge in [0, 0.05) is 17.1 Å². The Bertz CT molecular complexity index is 878. The number of hydrogen-bond acceptors (Lipinski definition) is 5. The van der Waals surface area contributed by atoms with Crippen LogP contribution in [0.2, 0.25) is 0 Å². The zero-order valence-electron chi connectivity index (χ0n) is 13.6. The summed E-state index contributed by atoms with van der Waals surface area (Å²) in [6.07, 6.45) is 1.67. The van der Waals surface area contributed by atoms with E-state index < -0.39 is 0 Å². The van der Waals surface area contributed by atoms with Crippen molar-refractivity contribution in [2.24, 2.45) is 4.99 Å². The van der Waals surface area contributed by atoms with Gasteiger partial charge in [0.25, 0.3) is 5.91 Å². The molecule has 0 spiro atoms. The Morgan fingerprint density at radius 1 is 1.24 bits per heavy atom. The molecule has 7 heteroatoms. The molecule has 0 aromatic heterocycles. The zero-order valence-corrected chi connectivity index (χ0v) is 16.0. The number of carbonyl (C=O) groups is 1. The molecule has 1 fully saturated rings. The van der Waals surface area contributed by atoms with Crippen LogP contribution in [0, 0.1) is 0 Å². The molecule has 2 aromatic carbocycles. The van der Waals surface area contributed by atoms with Crippen molar-refractivity contribution in [1.29, 1.82) is 0 Å². The SMILES string of the molecule is COc1ccc(N=C2S/C(=C/c3cc(Br)ccc3O)C(=O)N2C)cc1. The van der Waals surface area contributed by atoms with Gasteiger partial charge in [0.2, 0.25) is 0 Å². The molecule has 128 valence electrons. The molecule has 0 atom stereocenters. The summed E-state index contributed by atoms with van der Waals surface area (Å²) in [7, 11) is 3.29. The summed E-state index contributed by atoms with van der Waals surface area (Å²) in [4.78, 5) is 19.0. The fourth-order valence-electron chi connectivity index (χ4n) is 2.20. The number of methoxy groups -OCH3 is 1. The number of nitrogens with zero attached hydrogens (tertiary/aromatic N) is 2. The number of carbonyl (C=O) groups excluding carboxylic acids is 1. The van der Waals surface area contributed by atoms with Crippen LogP contribution < -0.4 is 4.74 Å². The Morgan fingerprint density at radius 3 is 2.64 bits per heavy atom. The van der Waals surface area contributed by atoms with Crippen LogP contribution in [0.4, 0.5) is 5.69 Å². The number of phenolic OH excluding ortho intramolecular Hbond substituents is 1. The number of halogens is 1. The summed E-state index contributed by atoms with van der Waals surface area (Å²) < 4.78 is 5.95. The number of phenols is 1. The van der Waals surface area contributed by atoms with Crippen LogP contribution in [0.3, 0.4) is 0 Å². The second-order valence-electron chi connectivity index (χ2n) is 5.27. The minimum atomic E-state index is -0.156. The first-order valence-corrected chi connectivity index (χ1v) is 8.98. The molecule has 2 aromatic rings. The normalized spacial score (nSPS) is 17.6. The summed E-state index contributed by atoms with van der Waals surface area (Å²) in [6.45, 7) is 0. The number of amides is 1. The number of likely N-dealkylation sites (N-methyl/N-ethyl adjacent to an activating group) is 1. The van der Waals surface area contributed by atoms with E-state index in [1.165, 1.54) is 16.7 Å². The average molecular weight is 419 g/mol. The lowest BCUT2D eigenvalue weighted by Gasteiger charge is -2.07. The molecular weight excluding hydrogens is 404 g/mol. The Hall–Kier alpha value is -2.25. The molecule has 3 rings (SSSR count). The topological polar surface area (TPSA) is 62.1 Å². The molecule has 1 saturated heterocycles. The highest BCUT2D eigenvalue weighted by Crippen LogP contribution is 2.35. The monoisotopic (exact) mass is 418 g/mol. The van der Waals surface area contributed by atoms with Gasteiger partial charge in [-0.2, -0.15) is 0 Å². The molecule has 0 saturated carbocycles. The third-order valence-corrected chi connectivity index (χ3v) is 5.13. The highest BCUT2D eigenvalue weighted by atomic mass is 79.9. The first kappa shape index (κ1) is 17.6. The van der Waals surface area contributed by atoms with Gasteiger partial charge in [-0.25, -0.2) is 4.99 Å². The largest absolute Gasteiger partial charge is 0.507 e. The molecule has 0 radical (unpaired) electrons. The van der Waals surface area contributed by atoms with Crippen molar-refractivity contribution in [2.75, 3.05) is 14.2 Å². The van der Waals surface area contributed by atoms with Gasteiger partial charge < -0.3 is 9.84 Å². The number of rotatable bonds is 3. The van der Waals surface area contributed by atoms with E-state index in [1.807, 2.05) is 24.3 Å². The van der Waals surface area contributed by atoms with Crippen LogP contribution in [0.15, 0.2) is 56.8 Å². The van der Waals surface area contributed by atoms with Crippen LogP contribution in [-0.2, 0) is 4.79 Å². The van der Waals surface area contributed by atoms with Crippen molar-refractivity contribution in [3.63, 3.8) is 0 Å². The molecule has 0 aliphatic carbocycles. The quantitative estimate of drug-likeness (QED) is 0.750. The number of ether oxygens (including phenoxy) is 1. The third kappa shape index (κ3) is 3.88. The van der Waals surface area contributed by atoms with E-state index in [-0.39, 0.29) is 11.7 Å².